The summed E-state index contributed by atoms with van der Waals surface area (Å²) >= 11 is 0. The number of hydrogen-bond acceptors (Lipinski definition) is 2. The van der Waals surface area contributed by atoms with Crippen LogP contribution in [-0.4, -0.2) is 19.0 Å². The van der Waals surface area contributed by atoms with Crippen LogP contribution in [0.25, 0.3) is 0 Å². The second-order valence-corrected chi connectivity index (χ2v) is 4.33. The van der Waals surface area contributed by atoms with Gasteiger partial charge in [0.15, 0.2) is 0 Å². The number of amides is 1. The predicted octanol–water partition coefficient (Wildman–Crippen LogP) is 1.30. The molecule has 3 heteroatoms. The Balaban J connectivity index is 1.71. The van der Waals surface area contributed by atoms with Crippen molar-refractivity contribution < 1.29 is 4.79 Å². The first-order valence-electron chi connectivity index (χ1n) is 5.86. The summed E-state index contributed by atoms with van der Waals surface area (Å²) in [7, 11) is 0. The Hall–Kier alpha value is -1.35. The molecule has 1 amide bonds. The van der Waals surface area contributed by atoms with E-state index in [0.29, 0.717) is 18.9 Å². The van der Waals surface area contributed by atoms with Crippen molar-refractivity contribution in [1.29, 1.82) is 0 Å². The van der Waals surface area contributed by atoms with Crippen molar-refractivity contribution in [3.63, 3.8) is 0 Å². The van der Waals surface area contributed by atoms with Gasteiger partial charge in [-0.25, -0.2) is 0 Å². The fourth-order valence-corrected chi connectivity index (χ4v) is 2.02. The van der Waals surface area contributed by atoms with Crippen LogP contribution in [0.4, 0.5) is 0 Å². The van der Waals surface area contributed by atoms with Crippen molar-refractivity contribution in [2.75, 3.05) is 13.1 Å². The van der Waals surface area contributed by atoms with E-state index in [1.165, 1.54) is 0 Å². The van der Waals surface area contributed by atoms with Crippen molar-refractivity contribution in [2.45, 2.75) is 19.4 Å². The molecule has 16 heavy (non-hydrogen) atoms. The van der Waals surface area contributed by atoms with E-state index < -0.39 is 0 Å². The number of carbonyl (C=O) groups excluding carboxylic acids is 1. The minimum Gasteiger partial charge on any atom is -0.352 e. The molecular weight excluding hydrogens is 200 g/mol. The molecule has 0 radical (unpaired) electrons. The summed E-state index contributed by atoms with van der Waals surface area (Å²) in [6.45, 7) is 2.68. The minimum absolute atomic E-state index is 0.164. The first-order chi connectivity index (χ1) is 7.84. The van der Waals surface area contributed by atoms with Gasteiger partial charge in [0.1, 0.15) is 0 Å². The van der Waals surface area contributed by atoms with Gasteiger partial charge >= 0.3 is 0 Å². The van der Waals surface area contributed by atoms with Crippen LogP contribution in [0.5, 0.6) is 0 Å². The lowest BCUT2D eigenvalue weighted by molar-refractivity contribution is -0.122. The van der Waals surface area contributed by atoms with Gasteiger partial charge in [0, 0.05) is 13.0 Å². The summed E-state index contributed by atoms with van der Waals surface area (Å²) in [6.07, 6.45) is 1.78. The number of carbonyl (C=O) groups is 1. The lowest BCUT2D eigenvalue weighted by Crippen LogP contribution is -2.25. The zero-order valence-corrected chi connectivity index (χ0v) is 9.41. The van der Waals surface area contributed by atoms with E-state index in [0.717, 1.165) is 25.1 Å². The Morgan fingerprint density at radius 1 is 1.38 bits per heavy atom. The first kappa shape index (κ1) is 11.1. The maximum absolute atomic E-state index is 11.6. The third-order valence-corrected chi connectivity index (χ3v) is 2.97. The van der Waals surface area contributed by atoms with Gasteiger partial charge in [0.2, 0.25) is 5.91 Å². The van der Waals surface area contributed by atoms with Crippen molar-refractivity contribution in [2.24, 2.45) is 5.92 Å². The molecule has 1 fully saturated rings. The molecule has 0 aliphatic carbocycles. The van der Waals surface area contributed by atoms with Gasteiger partial charge in [-0.2, -0.15) is 0 Å². The molecule has 2 rings (SSSR count). The lowest BCUT2D eigenvalue weighted by atomic mass is 10.0. The van der Waals surface area contributed by atoms with E-state index >= 15 is 0 Å². The van der Waals surface area contributed by atoms with E-state index in [4.69, 9.17) is 0 Å². The third kappa shape index (κ3) is 3.35. The molecule has 0 bridgehead atoms. The fourth-order valence-electron chi connectivity index (χ4n) is 2.02. The van der Waals surface area contributed by atoms with Crippen molar-refractivity contribution in [3.8, 4) is 0 Å². The van der Waals surface area contributed by atoms with Gasteiger partial charge in [0.05, 0.1) is 0 Å². The molecule has 1 atom stereocenters. The average Bonchev–Trinajstić information content (AvgIpc) is 2.81. The second-order valence-electron chi connectivity index (χ2n) is 4.33. The highest BCUT2D eigenvalue weighted by atomic mass is 16.1. The Bertz CT molecular complexity index is 331. The van der Waals surface area contributed by atoms with Crippen LogP contribution >= 0.6 is 0 Å². The molecule has 86 valence electrons. The second kappa shape index (κ2) is 5.66. The molecule has 0 aromatic heterocycles. The van der Waals surface area contributed by atoms with E-state index in [-0.39, 0.29) is 5.91 Å². The number of hydrogen-bond donors (Lipinski definition) is 2. The molecule has 2 N–H and O–H groups in total. The molecule has 0 saturated carbocycles. The molecule has 1 aliphatic rings. The third-order valence-electron chi connectivity index (χ3n) is 2.97. The largest absolute Gasteiger partial charge is 0.352 e. The highest BCUT2D eigenvalue weighted by Crippen LogP contribution is 2.11. The quantitative estimate of drug-likeness (QED) is 0.800. The van der Waals surface area contributed by atoms with E-state index in [9.17, 15) is 4.79 Å². The standard InChI is InChI=1S/C13H18N2O/c16-13(8-12-6-7-14-9-12)15-10-11-4-2-1-3-5-11/h1-5,12,14H,6-10H2,(H,15,16). The summed E-state index contributed by atoms with van der Waals surface area (Å²) in [6, 6.07) is 10.0. The summed E-state index contributed by atoms with van der Waals surface area (Å²) in [4.78, 5) is 11.6. The molecule has 1 unspecified atom stereocenters. The summed E-state index contributed by atoms with van der Waals surface area (Å²) < 4.78 is 0. The van der Waals surface area contributed by atoms with Gasteiger partial charge in [0.25, 0.3) is 0 Å². The Kier molecular flexibility index (Phi) is 3.94. The van der Waals surface area contributed by atoms with Crippen LogP contribution in [0.1, 0.15) is 18.4 Å². The minimum atomic E-state index is 0.164. The zero-order valence-electron chi connectivity index (χ0n) is 9.41. The summed E-state index contributed by atoms with van der Waals surface area (Å²) in [5.41, 5.74) is 1.15. The van der Waals surface area contributed by atoms with Gasteiger partial charge in [-0.05, 0) is 31.0 Å². The number of rotatable bonds is 4. The molecule has 1 aromatic carbocycles. The van der Waals surface area contributed by atoms with Gasteiger partial charge in [-0.1, -0.05) is 30.3 Å². The van der Waals surface area contributed by atoms with E-state index in [1.54, 1.807) is 0 Å². The van der Waals surface area contributed by atoms with Crippen LogP contribution < -0.4 is 10.6 Å². The highest BCUT2D eigenvalue weighted by Gasteiger charge is 2.17. The maximum Gasteiger partial charge on any atom is 0.220 e. The molecule has 1 aliphatic heterocycles. The predicted molar refractivity (Wildman–Crippen MR) is 63.9 cm³/mol. The molecule has 1 heterocycles. The summed E-state index contributed by atoms with van der Waals surface area (Å²) in [5, 5.41) is 6.23. The normalized spacial score (nSPS) is 19.6. The molecule has 1 saturated heterocycles. The van der Waals surface area contributed by atoms with Crippen LogP contribution in [-0.2, 0) is 11.3 Å². The SMILES string of the molecule is O=C(CC1CCNC1)NCc1ccccc1. The van der Waals surface area contributed by atoms with Gasteiger partial charge < -0.3 is 10.6 Å². The number of nitrogens with one attached hydrogen (secondary N) is 2. The van der Waals surface area contributed by atoms with Gasteiger partial charge in [-0.3, -0.25) is 4.79 Å². The lowest BCUT2D eigenvalue weighted by Gasteiger charge is -2.09. The molecule has 3 nitrogen and oxygen atoms in total. The van der Waals surface area contributed by atoms with Crippen LogP contribution in [0, 0.1) is 5.92 Å². The van der Waals surface area contributed by atoms with E-state index in [2.05, 4.69) is 10.6 Å². The number of benzene rings is 1. The van der Waals surface area contributed by atoms with Gasteiger partial charge in [-0.15, -0.1) is 0 Å². The summed E-state index contributed by atoms with van der Waals surface area (Å²) in [5.74, 6) is 0.688. The molecule has 0 spiro atoms. The van der Waals surface area contributed by atoms with Crippen LogP contribution in [0.15, 0.2) is 30.3 Å². The molecule has 1 aromatic rings. The average molecular weight is 218 g/mol. The maximum atomic E-state index is 11.6. The Morgan fingerprint density at radius 3 is 2.88 bits per heavy atom. The highest BCUT2D eigenvalue weighted by molar-refractivity contribution is 5.76. The van der Waals surface area contributed by atoms with Crippen LogP contribution in [0.3, 0.4) is 0 Å². The zero-order chi connectivity index (χ0) is 11.2. The first-order valence-corrected chi connectivity index (χ1v) is 5.86. The smallest absolute Gasteiger partial charge is 0.220 e. The van der Waals surface area contributed by atoms with E-state index in [1.807, 2.05) is 30.3 Å². The van der Waals surface area contributed by atoms with Crippen molar-refractivity contribution >= 4 is 5.91 Å². The Morgan fingerprint density at radius 2 is 2.19 bits per heavy atom. The van der Waals surface area contributed by atoms with Crippen molar-refractivity contribution in [3.05, 3.63) is 35.9 Å². The van der Waals surface area contributed by atoms with Crippen molar-refractivity contribution in [1.82, 2.24) is 10.6 Å². The van der Waals surface area contributed by atoms with Crippen LogP contribution in [0.2, 0.25) is 0 Å². The topological polar surface area (TPSA) is 41.1 Å². The monoisotopic (exact) mass is 218 g/mol. The molecular formula is C13H18N2O. The fraction of sp³-hybridized carbons (Fsp3) is 0.462. The Labute approximate surface area is 96.2 Å².